The van der Waals surface area contributed by atoms with Gasteiger partial charge in [-0.25, -0.2) is 19.3 Å². The average Bonchev–Trinajstić information content (AvgIpc) is 3.39. The van der Waals surface area contributed by atoms with Gasteiger partial charge in [0.15, 0.2) is 5.65 Å². The van der Waals surface area contributed by atoms with E-state index in [2.05, 4.69) is 30.1 Å². The molecule has 0 unspecified atom stereocenters. The molecule has 5 rings (SSSR count). The van der Waals surface area contributed by atoms with Crippen molar-refractivity contribution in [2.75, 3.05) is 13.1 Å². The molecule has 1 aliphatic heterocycles. The number of aryl methyl sites for hydroxylation is 2. The highest BCUT2D eigenvalue weighted by Gasteiger charge is 2.24. The first-order valence-corrected chi connectivity index (χ1v) is 12.2. The number of carbonyl (C=O) groups is 1. The third-order valence-electron chi connectivity index (χ3n) is 5.22. The van der Waals surface area contributed by atoms with Crippen molar-refractivity contribution in [1.29, 1.82) is 0 Å². The lowest BCUT2D eigenvalue weighted by atomic mass is 10.1. The van der Waals surface area contributed by atoms with E-state index in [1.54, 1.807) is 27.6 Å². The van der Waals surface area contributed by atoms with Gasteiger partial charge in [0.1, 0.15) is 21.1 Å². The minimum Gasteiger partial charge on any atom is -0.444 e. The van der Waals surface area contributed by atoms with Crippen molar-refractivity contribution in [2.24, 2.45) is 0 Å². The molecule has 0 saturated carbocycles. The Hall–Kier alpha value is -2.78. The van der Waals surface area contributed by atoms with E-state index < -0.39 is 5.60 Å². The van der Waals surface area contributed by atoms with Crippen LogP contribution in [0.2, 0.25) is 0 Å². The Morgan fingerprint density at radius 1 is 1.16 bits per heavy atom. The van der Waals surface area contributed by atoms with Crippen molar-refractivity contribution in [3.05, 3.63) is 40.5 Å². The number of carbonyl (C=O) groups excluding carboxylic acids is 1. The molecule has 5 heterocycles. The molecule has 7 nitrogen and oxygen atoms in total. The van der Waals surface area contributed by atoms with Crippen molar-refractivity contribution in [2.45, 2.75) is 46.6 Å². The summed E-state index contributed by atoms with van der Waals surface area (Å²) in [6, 6.07) is 4.27. The van der Waals surface area contributed by atoms with Gasteiger partial charge in [-0.05, 0) is 64.3 Å². The quantitative estimate of drug-likeness (QED) is 0.378. The molecular formula is C23H25N5O2S2. The van der Waals surface area contributed by atoms with E-state index in [1.807, 2.05) is 38.4 Å². The molecule has 0 spiro atoms. The van der Waals surface area contributed by atoms with E-state index in [0.717, 1.165) is 43.6 Å². The molecule has 0 radical (unpaired) electrons. The smallest absolute Gasteiger partial charge is 0.410 e. The van der Waals surface area contributed by atoms with Crippen LogP contribution in [-0.2, 0) is 4.74 Å². The Morgan fingerprint density at radius 3 is 2.66 bits per heavy atom. The largest absolute Gasteiger partial charge is 0.444 e. The number of amides is 1. The van der Waals surface area contributed by atoms with Crippen molar-refractivity contribution in [3.63, 3.8) is 0 Å². The summed E-state index contributed by atoms with van der Waals surface area (Å²) in [5, 5.41) is 5.63. The van der Waals surface area contributed by atoms with Crippen molar-refractivity contribution in [1.82, 2.24) is 24.5 Å². The van der Waals surface area contributed by atoms with E-state index in [-0.39, 0.29) is 6.09 Å². The summed E-state index contributed by atoms with van der Waals surface area (Å²) in [5.74, 6) is 0. The molecular weight excluding hydrogens is 442 g/mol. The van der Waals surface area contributed by atoms with E-state index in [4.69, 9.17) is 14.8 Å². The van der Waals surface area contributed by atoms with Gasteiger partial charge in [0.05, 0.1) is 16.6 Å². The highest BCUT2D eigenvalue weighted by atomic mass is 32.1. The van der Waals surface area contributed by atoms with Crippen LogP contribution in [0.25, 0.3) is 31.5 Å². The number of hydrogen-bond donors (Lipinski definition) is 0. The molecule has 0 bridgehead atoms. The lowest BCUT2D eigenvalue weighted by molar-refractivity contribution is 0.0270. The Balaban J connectivity index is 1.36. The van der Waals surface area contributed by atoms with Gasteiger partial charge in [-0.1, -0.05) is 6.08 Å². The number of aromatic nitrogens is 4. The van der Waals surface area contributed by atoms with Gasteiger partial charge in [0.25, 0.3) is 0 Å². The molecule has 0 atom stereocenters. The maximum absolute atomic E-state index is 12.3. The Bertz CT molecular complexity index is 1340. The van der Waals surface area contributed by atoms with Crippen LogP contribution >= 0.6 is 22.7 Å². The molecule has 32 heavy (non-hydrogen) atoms. The number of fused-ring (bicyclic) bond motifs is 2. The molecule has 0 aliphatic carbocycles. The number of nitrogens with zero attached hydrogens (tertiary/aromatic N) is 5. The van der Waals surface area contributed by atoms with E-state index >= 15 is 0 Å². The van der Waals surface area contributed by atoms with E-state index in [0.29, 0.717) is 13.1 Å². The van der Waals surface area contributed by atoms with Gasteiger partial charge in [0.2, 0.25) is 0 Å². The second kappa shape index (κ2) is 7.67. The maximum Gasteiger partial charge on any atom is 0.410 e. The standard InChI is InChI=1S/C23H25N5O2S2/c1-13-10-16(26-28-12-14(2)24-19(13)28)20-25-21-18(32-20)11-17(31-21)15-6-8-27(9-7-15)22(29)30-23(3,4)5/h6,10-12H,7-9H2,1-5H3. The topological polar surface area (TPSA) is 72.6 Å². The maximum atomic E-state index is 12.3. The van der Waals surface area contributed by atoms with Crippen LogP contribution in [0, 0.1) is 13.8 Å². The fourth-order valence-corrected chi connectivity index (χ4v) is 5.98. The zero-order chi connectivity index (χ0) is 22.6. The SMILES string of the molecule is Cc1cn2nc(-c3nc4sc(C5=CCN(C(=O)OC(C)(C)C)CC5)cc4s3)cc(C)c2n1. The summed E-state index contributed by atoms with van der Waals surface area (Å²) in [6.07, 6.45) is 4.64. The summed E-state index contributed by atoms with van der Waals surface area (Å²) < 4.78 is 8.49. The number of thiophene rings is 1. The third-order valence-corrected chi connectivity index (χ3v) is 7.47. The fourth-order valence-electron chi connectivity index (χ4n) is 3.74. The predicted molar refractivity (Wildman–Crippen MR) is 129 cm³/mol. The molecule has 4 aromatic heterocycles. The summed E-state index contributed by atoms with van der Waals surface area (Å²) >= 11 is 3.36. The van der Waals surface area contributed by atoms with E-state index in [1.165, 1.54) is 10.5 Å². The lowest BCUT2D eigenvalue weighted by Crippen LogP contribution is -2.39. The summed E-state index contributed by atoms with van der Waals surface area (Å²) in [5.41, 5.74) is 4.59. The molecule has 4 aromatic rings. The fraction of sp³-hybridized carbons (Fsp3) is 0.391. The number of rotatable bonds is 2. The molecule has 0 fully saturated rings. The first-order valence-electron chi connectivity index (χ1n) is 10.6. The first kappa shape index (κ1) is 21.1. The predicted octanol–water partition coefficient (Wildman–Crippen LogP) is 5.71. The van der Waals surface area contributed by atoms with Crippen LogP contribution in [0.15, 0.2) is 24.4 Å². The molecule has 1 aliphatic rings. The lowest BCUT2D eigenvalue weighted by Gasteiger charge is -2.29. The zero-order valence-corrected chi connectivity index (χ0v) is 20.4. The van der Waals surface area contributed by atoms with Gasteiger partial charge in [0, 0.05) is 18.0 Å². The minimum atomic E-state index is -0.475. The number of ether oxygens (including phenoxy) is 1. The van der Waals surface area contributed by atoms with Gasteiger partial charge < -0.3 is 9.64 Å². The summed E-state index contributed by atoms with van der Waals surface area (Å²) in [4.78, 5) is 25.7. The van der Waals surface area contributed by atoms with Crippen molar-refractivity contribution in [3.8, 4) is 10.7 Å². The number of thiazole rings is 1. The second-order valence-corrected chi connectivity index (χ2v) is 11.1. The Labute approximate surface area is 194 Å². The monoisotopic (exact) mass is 467 g/mol. The second-order valence-electron chi connectivity index (χ2n) is 9.07. The Morgan fingerprint density at radius 2 is 1.97 bits per heavy atom. The molecule has 9 heteroatoms. The normalized spacial score (nSPS) is 14.9. The van der Waals surface area contributed by atoms with Gasteiger partial charge in [-0.3, -0.25) is 0 Å². The minimum absolute atomic E-state index is 0.251. The highest BCUT2D eigenvalue weighted by Crippen LogP contribution is 2.38. The molecule has 0 saturated heterocycles. The van der Waals surface area contributed by atoms with Crippen molar-refractivity contribution >= 4 is 49.5 Å². The summed E-state index contributed by atoms with van der Waals surface area (Å²) in [6.45, 7) is 10.9. The third kappa shape index (κ3) is 4.02. The van der Waals surface area contributed by atoms with Crippen LogP contribution in [0.4, 0.5) is 4.79 Å². The molecule has 0 aromatic carbocycles. The van der Waals surface area contributed by atoms with Crippen LogP contribution in [-0.4, -0.2) is 49.3 Å². The van der Waals surface area contributed by atoms with Crippen LogP contribution in [0.3, 0.4) is 0 Å². The van der Waals surface area contributed by atoms with Gasteiger partial charge in [-0.2, -0.15) is 5.10 Å². The van der Waals surface area contributed by atoms with Crippen LogP contribution in [0.1, 0.15) is 43.3 Å². The number of imidazole rings is 1. The van der Waals surface area contributed by atoms with E-state index in [9.17, 15) is 4.79 Å². The van der Waals surface area contributed by atoms with Gasteiger partial charge in [-0.15, -0.1) is 22.7 Å². The molecule has 1 amide bonds. The Kier molecular flexibility index (Phi) is 5.05. The summed E-state index contributed by atoms with van der Waals surface area (Å²) in [7, 11) is 0. The van der Waals surface area contributed by atoms with Crippen LogP contribution in [0.5, 0.6) is 0 Å². The van der Waals surface area contributed by atoms with Crippen LogP contribution < -0.4 is 0 Å². The first-order chi connectivity index (χ1) is 15.2. The van der Waals surface area contributed by atoms with Gasteiger partial charge >= 0.3 is 6.09 Å². The van der Waals surface area contributed by atoms with Crippen molar-refractivity contribution < 1.29 is 9.53 Å². The molecule has 0 N–H and O–H groups in total. The molecule has 166 valence electrons. The highest BCUT2D eigenvalue weighted by molar-refractivity contribution is 7.29. The average molecular weight is 468 g/mol. The zero-order valence-electron chi connectivity index (χ0n) is 18.8. The number of hydrogen-bond acceptors (Lipinski definition) is 7.